The summed E-state index contributed by atoms with van der Waals surface area (Å²) < 4.78 is 5.36. The fraction of sp³-hybridized carbons (Fsp3) is 0.500. The maximum Gasteiger partial charge on any atom is 0.306 e. The molecule has 0 aromatic carbocycles. The van der Waals surface area contributed by atoms with Crippen LogP contribution < -0.4 is 5.73 Å². The van der Waals surface area contributed by atoms with Crippen molar-refractivity contribution in [3.05, 3.63) is 21.3 Å². The predicted octanol–water partition coefficient (Wildman–Crippen LogP) is 2.18. The SMILES string of the molecule is COC(=O)CC(C)(CN)c1ccc(Cl)s1. The number of thiophene rings is 1. The lowest BCUT2D eigenvalue weighted by Crippen LogP contribution is -2.33. The Bertz CT molecular complexity index is 353. The highest BCUT2D eigenvalue weighted by Gasteiger charge is 2.30. The number of carbonyl (C=O) groups is 1. The minimum Gasteiger partial charge on any atom is -0.469 e. The van der Waals surface area contributed by atoms with Gasteiger partial charge in [0.2, 0.25) is 0 Å². The average molecular weight is 248 g/mol. The molecule has 0 saturated heterocycles. The lowest BCUT2D eigenvalue weighted by Gasteiger charge is -2.25. The quantitative estimate of drug-likeness (QED) is 0.830. The first-order valence-electron chi connectivity index (χ1n) is 4.54. The molecule has 0 aliphatic carbocycles. The molecule has 5 heteroatoms. The molecule has 0 aliphatic heterocycles. The van der Waals surface area contributed by atoms with Crippen LogP contribution in [0.5, 0.6) is 0 Å². The second-order valence-electron chi connectivity index (χ2n) is 3.62. The molecule has 1 atom stereocenters. The number of nitrogens with two attached hydrogens (primary N) is 1. The van der Waals surface area contributed by atoms with Crippen molar-refractivity contribution >= 4 is 28.9 Å². The van der Waals surface area contributed by atoms with E-state index in [4.69, 9.17) is 17.3 Å². The van der Waals surface area contributed by atoms with Crippen LogP contribution in [0.3, 0.4) is 0 Å². The van der Waals surface area contributed by atoms with Crippen molar-refractivity contribution in [3.63, 3.8) is 0 Å². The molecule has 0 fully saturated rings. The molecule has 1 aromatic heterocycles. The lowest BCUT2D eigenvalue weighted by atomic mass is 9.85. The van der Waals surface area contributed by atoms with Crippen LogP contribution in [0.15, 0.2) is 12.1 Å². The predicted molar refractivity (Wildman–Crippen MR) is 62.4 cm³/mol. The molecule has 1 aromatic rings. The summed E-state index contributed by atoms with van der Waals surface area (Å²) in [5.74, 6) is -0.257. The van der Waals surface area contributed by atoms with Crippen LogP contribution >= 0.6 is 22.9 Å². The van der Waals surface area contributed by atoms with Gasteiger partial charge in [0.25, 0.3) is 0 Å². The maximum absolute atomic E-state index is 11.3. The molecule has 0 spiro atoms. The Morgan fingerprint density at radius 3 is 2.73 bits per heavy atom. The molecule has 0 bridgehead atoms. The molecule has 1 heterocycles. The molecular formula is C10H14ClNO2S. The second-order valence-corrected chi connectivity index (χ2v) is 5.34. The van der Waals surface area contributed by atoms with Gasteiger partial charge in [0.1, 0.15) is 0 Å². The van der Waals surface area contributed by atoms with E-state index in [0.717, 1.165) is 4.88 Å². The molecule has 2 N–H and O–H groups in total. The number of rotatable bonds is 4. The number of hydrogen-bond acceptors (Lipinski definition) is 4. The van der Waals surface area contributed by atoms with Crippen LogP contribution in [0.1, 0.15) is 18.2 Å². The van der Waals surface area contributed by atoms with E-state index in [-0.39, 0.29) is 17.8 Å². The highest BCUT2D eigenvalue weighted by molar-refractivity contribution is 7.16. The van der Waals surface area contributed by atoms with Gasteiger partial charge in [-0.3, -0.25) is 4.79 Å². The Kier molecular flexibility index (Phi) is 4.13. The van der Waals surface area contributed by atoms with Gasteiger partial charge in [-0.15, -0.1) is 11.3 Å². The number of methoxy groups -OCH3 is 1. The Morgan fingerprint density at radius 2 is 2.33 bits per heavy atom. The van der Waals surface area contributed by atoms with Crippen LogP contribution in [-0.4, -0.2) is 19.6 Å². The summed E-state index contributed by atoms with van der Waals surface area (Å²) in [6.07, 6.45) is 0.275. The van der Waals surface area contributed by atoms with Gasteiger partial charge in [-0.25, -0.2) is 0 Å². The van der Waals surface area contributed by atoms with E-state index in [0.29, 0.717) is 10.9 Å². The second kappa shape index (κ2) is 4.96. The van der Waals surface area contributed by atoms with E-state index in [1.165, 1.54) is 18.4 Å². The molecule has 0 aliphatic rings. The fourth-order valence-electron chi connectivity index (χ4n) is 1.29. The minimum atomic E-state index is -0.384. The van der Waals surface area contributed by atoms with E-state index < -0.39 is 0 Å². The van der Waals surface area contributed by atoms with E-state index in [1.807, 2.05) is 19.1 Å². The summed E-state index contributed by atoms with van der Waals surface area (Å²) in [6, 6.07) is 3.72. The van der Waals surface area contributed by atoms with Gasteiger partial charge >= 0.3 is 5.97 Å². The smallest absolute Gasteiger partial charge is 0.306 e. The Morgan fingerprint density at radius 1 is 1.67 bits per heavy atom. The first kappa shape index (κ1) is 12.5. The first-order chi connectivity index (χ1) is 7.01. The van der Waals surface area contributed by atoms with E-state index in [9.17, 15) is 4.79 Å². The Balaban J connectivity index is 2.89. The molecule has 0 amide bonds. The van der Waals surface area contributed by atoms with E-state index in [1.54, 1.807) is 0 Å². The monoisotopic (exact) mass is 247 g/mol. The van der Waals surface area contributed by atoms with Gasteiger partial charge in [-0.2, -0.15) is 0 Å². The van der Waals surface area contributed by atoms with Crippen LogP contribution in [0, 0.1) is 0 Å². The van der Waals surface area contributed by atoms with Crippen LogP contribution in [0.2, 0.25) is 4.34 Å². The van der Waals surface area contributed by atoms with Crippen molar-refractivity contribution in [1.29, 1.82) is 0 Å². The summed E-state index contributed by atoms with van der Waals surface area (Å²) in [6.45, 7) is 2.32. The molecular weight excluding hydrogens is 234 g/mol. The van der Waals surface area contributed by atoms with Crippen molar-refractivity contribution in [2.75, 3.05) is 13.7 Å². The zero-order valence-corrected chi connectivity index (χ0v) is 10.3. The van der Waals surface area contributed by atoms with Gasteiger partial charge in [0.05, 0.1) is 17.9 Å². The van der Waals surface area contributed by atoms with Crippen LogP contribution in [0.25, 0.3) is 0 Å². The van der Waals surface area contributed by atoms with Crippen molar-refractivity contribution in [2.24, 2.45) is 5.73 Å². The van der Waals surface area contributed by atoms with Crippen LogP contribution in [-0.2, 0) is 14.9 Å². The molecule has 1 rings (SSSR count). The van der Waals surface area contributed by atoms with Gasteiger partial charge in [-0.1, -0.05) is 18.5 Å². The lowest BCUT2D eigenvalue weighted by molar-refractivity contribution is -0.141. The number of hydrogen-bond donors (Lipinski definition) is 1. The zero-order chi connectivity index (χ0) is 11.5. The summed E-state index contributed by atoms with van der Waals surface area (Å²) in [4.78, 5) is 12.3. The first-order valence-corrected chi connectivity index (χ1v) is 5.74. The number of esters is 1. The summed E-state index contributed by atoms with van der Waals surface area (Å²) >= 11 is 7.30. The largest absolute Gasteiger partial charge is 0.469 e. The Labute approximate surface area is 98.2 Å². The normalized spacial score (nSPS) is 14.7. The third-order valence-electron chi connectivity index (χ3n) is 2.38. The van der Waals surface area contributed by atoms with E-state index in [2.05, 4.69) is 4.74 Å². The number of ether oxygens (including phenoxy) is 1. The van der Waals surface area contributed by atoms with Crippen LogP contribution in [0.4, 0.5) is 0 Å². The highest BCUT2D eigenvalue weighted by Crippen LogP contribution is 2.34. The van der Waals surface area contributed by atoms with E-state index >= 15 is 0 Å². The maximum atomic E-state index is 11.3. The zero-order valence-electron chi connectivity index (χ0n) is 8.75. The Hall–Kier alpha value is -0.580. The number of halogens is 1. The van der Waals surface area contributed by atoms with Crippen molar-refractivity contribution in [1.82, 2.24) is 0 Å². The molecule has 84 valence electrons. The van der Waals surface area contributed by atoms with Crippen molar-refractivity contribution in [3.8, 4) is 0 Å². The molecule has 0 radical (unpaired) electrons. The van der Waals surface area contributed by atoms with Gasteiger partial charge in [0, 0.05) is 16.8 Å². The standard InChI is InChI=1S/C10H14ClNO2S/c1-10(6-12,5-9(13)14-2)7-3-4-8(11)15-7/h3-4H,5-6,12H2,1-2H3. The topological polar surface area (TPSA) is 52.3 Å². The highest BCUT2D eigenvalue weighted by atomic mass is 35.5. The van der Waals surface area contributed by atoms with Crippen molar-refractivity contribution in [2.45, 2.75) is 18.8 Å². The van der Waals surface area contributed by atoms with Gasteiger partial charge < -0.3 is 10.5 Å². The van der Waals surface area contributed by atoms with Gasteiger partial charge in [-0.05, 0) is 12.1 Å². The molecule has 0 saturated carbocycles. The summed E-state index contributed by atoms with van der Waals surface area (Å²) in [5, 5.41) is 0. The third-order valence-corrected chi connectivity index (χ3v) is 3.92. The van der Waals surface area contributed by atoms with Crippen molar-refractivity contribution < 1.29 is 9.53 Å². The third kappa shape index (κ3) is 2.93. The fourth-order valence-corrected chi connectivity index (χ4v) is 2.49. The summed E-state index contributed by atoms with van der Waals surface area (Å²) in [5.41, 5.74) is 5.32. The molecule has 3 nitrogen and oxygen atoms in total. The minimum absolute atomic E-state index is 0.257. The average Bonchev–Trinajstić information content (AvgIpc) is 2.65. The number of carbonyl (C=O) groups excluding carboxylic acids is 1. The molecule has 1 unspecified atom stereocenters. The molecule has 15 heavy (non-hydrogen) atoms. The summed E-state index contributed by atoms with van der Waals surface area (Å²) in [7, 11) is 1.38. The van der Waals surface area contributed by atoms with Gasteiger partial charge in [0.15, 0.2) is 0 Å².